The molecule has 2 fully saturated rings. The normalized spacial score (nSPS) is 23.9. The van der Waals surface area contributed by atoms with Crippen LogP contribution in [0.25, 0.3) is 0 Å². The lowest BCUT2D eigenvalue weighted by Gasteiger charge is -2.33. The Bertz CT molecular complexity index is 357. The Morgan fingerprint density at radius 3 is 2.43 bits per heavy atom. The Kier molecular flexibility index (Phi) is 6.03. The highest BCUT2D eigenvalue weighted by Crippen LogP contribution is 2.20. The van der Waals surface area contributed by atoms with Crippen molar-refractivity contribution in [2.75, 3.05) is 33.7 Å². The molecule has 5 nitrogen and oxygen atoms in total. The molecular weight excluding hydrogens is 266 g/mol. The smallest absolute Gasteiger partial charge is 0.225 e. The Hall–Kier alpha value is -1.10. The third-order valence-corrected chi connectivity index (χ3v) is 4.76. The zero-order valence-corrected chi connectivity index (χ0v) is 13.4. The van der Waals surface area contributed by atoms with Gasteiger partial charge in [0.2, 0.25) is 11.8 Å². The van der Waals surface area contributed by atoms with Crippen LogP contribution in [0.2, 0.25) is 0 Å². The largest absolute Gasteiger partial charge is 0.349 e. The lowest BCUT2D eigenvalue weighted by molar-refractivity contribution is -0.139. The first kappa shape index (κ1) is 16.3. The summed E-state index contributed by atoms with van der Waals surface area (Å²) in [6, 6.07) is 0.524. The van der Waals surface area contributed by atoms with Crippen LogP contribution in [0.5, 0.6) is 0 Å². The second-order valence-electron chi connectivity index (χ2n) is 6.57. The standard InChI is InChI=1S/C16H29N3O2/c1-18(2)16(21)13-8-11-19(12-9-13)15(20)7-6-14-5-3-4-10-17-14/h13-14,17H,3-12H2,1-2H3. The Balaban J connectivity index is 1.69. The van der Waals surface area contributed by atoms with Gasteiger partial charge in [0.1, 0.15) is 0 Å². The number of carbonyl (C=O) groups is 2. The molecule has 2 aliphatic rings. The monoisotopic (exact) mass is 295 g/mol. The summed E-state index contributed by atoms with van der Waals surface area (Å²) >= 11 is 0. The number of piperidine rings is 2. The average Bonchev–Trinajstić information content (AvgIpc) is 2.53. The van der Waals surface area contributed by atoms with E-state index in [1.807, 2.05) is 4.90 Å². The van der Waals surface area contributed by atoms with E-state index in [-0.39, 0.29) is 17.7 Å². The van der Waals surface area contributed by atoms with E-state index < -0.39 is 0 Å². The minimum atomic E-state index is 0.101. The quantitative estimate of drug-likeness (QED) is 0.849. The number of nitrogens with one attached hydrogen (secondary N) is 1. The number of hydrogen-bond donors (Lipinski definition) is 1. The van der Waals surface area contributed by atoms with Gasteiger partial charge in [-0.3, -0.25) is 9.59 Å². The fourth-order valence-corrected chi connectivity index (χ4v) is 3.37. The molecule has 1 atom stereocenters. The highest BCUT2D eigenvalue weighted by molar-refractivity contribution is 5.79. The number of hydrogen-bond acceptors (Lipinski definition) is 3. The Morgan fingerprint density at radius 2 is 1.86 bits per heavy atom. The zero-order chi connectivity index (χ0) is 15.2. The highest BCUT2D eigenvalue weighted by atomic mass is 16.2. The van der Waals surface area contributed by atoms with Crippen LogP contribution in [-0.4, -0.2) is 61.4 Å². The summed E-state index contributed by atoms with van der Waals surface area (Å²) in [6.07, 6.45) is 6.96. The van der Waals surface area contributed by atoms with E-state index in [1.54, 1.807) is 19.0 Å². The molecule has 2 amide bonds. The van der Waals surface area contributed by atoms with Crippen molar-refractivity contribution < 1.29 is 9.59 Å². The van der Waals surface area contributed by atoms with E-state index >= 15 is 0 Å². The van der Waals surface area contributed by atoms with Crippen LogP contribution in [0.4, 0.5) is 0 Å². The van der Waals surface area contributed by atoms with Crippen molar-refractivity contribution in [3.05, 3.63) is 0 Å². The van der Waals surface area contributed by atoms with Gasteiger partial charge in [-0.25, -0.2) is 0 Å². The van der Waals surface area contributed by atoms with Crippen molar-refractivity contribution in [1.29, 1.82) is 0 Å². The SMILES string of the molecule is CN(C)C(=O)C1CCN(C(=O)CCC2CCCCN2)CC1. The van der Waals surface area contributed by atoms with Crippen molar-refractivity contribution in [3.63, 3.8) is 0 Å². The van der Waals surface area contributed by atoms with E-state index in [2.05, 4.69) is 5.32 Å². The van der Waals surface area contributed by atoms with Crippen LogP contribution in [0.1, 0.15) is 44.9 Å². The first-order valence-electron chi connectivity index (χ1n) is 8.30. The molecule has 21 heavy (non-hydrogen) atoms. The summed E-state index contributed by atoms with van der Waals surface area (Å²) in [6.45, 7) is 2.57. The molecule has 0 saturated carbocycles. The topological polar surface area (TPSA) is 52.7 Å². The van der Waals surface area contributed by atoms with Crippen molar-refractivity contribution >= 4 is 11.8 Å². The van der Waals surface area contributed by atoms with E-state index in [9.17, 15) is 9.59 Å². The molecule has 0 aliphatic carbocycles. The molecule has 5 heteroatoms. The second kappa shape index (κ2) is 7.78. The summed E-state index contributed by atoms with van der Waals surface area (Å²) < 4.78 is 0. The molecule has 0 bridgehead atoms. The molecule has 120 valence electrons. The number of nitrogens with zero attached hydrogens (tertiary/aromatic N) is 2. The maximum absolute atomic E-state index is 12.3. The van der Waals surface area contributed by atoms with Crippen molar-refractivity contribution in [3.8, 4) is 0 Å². The molecule has 2 rings (SSSR count). The first-order valence-corrected chi connectivity index (χ1v) is 8.30. The van der Waals surface area contributed by atoms with Crippen molar-refractivity contribution in [2.45, 2.75) is 51.0 Å². The third-order valence-electron chi connectivity index (χ3n) is 4.76. The third kappa shape index (κ3) is 4.70. The fraction of sp³-hybridized carbons (Fsp3) is 0.875. The molecule has 0 spiro atoms. The van der Waals surface area contributed by atoms with E-state index in [0.29, 0.717) is 12.5 Å². The van der Waals surface area contributed by atoms with Crippen molar-refractivity contribution in [2.24, 2.45) is 5.92 Å². The van der Waals surface area contributed by atoms with Gasteiger partial charge in [0, 0.05) is 45.6 Å². The Labute approximate surface area is 128 Å². The van der Waals surface area contributed by atoms with Gasteiger partial charge in [-0.05, 0) is 38.6 Å². The van der Waals surface area contributed by atoms with Gasteiger partial charge >= 0.3 is 0 Å². The molecule has 1 N–H and O–H groups in total. The van der Waals surface area contributed by atoms with Crippen LogP contribution >= 0.6 is 0 Å². The number of carbonyl (C=O) groups excluding carboxylic acids is 2. The van der Waals surface area contributed by atoms with Crippen LogP contribution in [0.15, 0.2) is 0 Å². The number of amides is 2. The van der Waals surface area contributed by atoms with Gasteiger partial charge in [0.25, 0.3) is 0 Å². The summed E-state index contributed by atoms with van der Waals surface area (Å²) in [5.74, 6) is 0.565. The van der Waals surface area contributed by atoms with E-state index in [4.69, 9.17) is 0 Å². The maximum Gasteiger partial charge on any atom is 0.225 e. The number of likely N-dealkylation sites (tertiary alicyclic amines) is 1. The predicted molar refractivity (Wildman–Crippen MR) is 82.9 cm³/mol. The van der Waals surface area contributed by atoms with Crippen LogP contribution < -0.4 is 5.32 Å². The zero-order valence-electron chi connectivity index (χ0n) is 13.4. The minimum Gasteiger partial charge on any atom is -0.349 e. The van der Waals surface area contributed by atoms with Crippen molar-refractivity contribution in [1.82, 2.24) is 15.1 Å². The van der Waals surface area contributed by atoms with E-state index in [1.165, 1.54) is 19.3 Å². The van der Waals surface area contributed by atoms with Gasteiger partial charge < -0.3 is 15.1 Å². The van der Waals surface area contributed by atoms with Gasteiger partial charge in [-0.1, -0.05) is 6.42 Å². The lowest BCUT2D eigenvalue weighted by Crippen LogP contribution is -2.43. The fourth-order valence-electron chi connectivity index (χ4n) is 3.37. The molecule has 2 heterocycles. The lowest BCUT2D eigenvalue weighted by atomic mass is 9.94. The number of rotatable bonds is 4. The summed E-state index contributed by atoms with van der Waals surface area (Å²) in [5.41, 5.74) is 0. The molecule has 1 unspecified atom stereocenters. The van der Waals surface area contributed by atoms with E-state index in [0.717, 1.165) is 38.9 Å². The van der Waals surface area contributed by atoms with Crippen LogP contribution in [0, 0.1) is 5.92 Å². The molecule has 0 aromatic carbocycles. The minimum absolute atomic E-state index is 0.101. The second-order valence-corrected chi connectivity index (χ2v) is 6.57. The average molecular weight is 295 g/mol. The molecular formula is C16H29N3O2. The molecule has 2 aliphatic heterocycles. The van der Waals surface area contributed by atoms with Gasteiger partial charge in [-0.2, -0.15) is 0 Å². The molecule has 0 aromatic heterocycles. The highest BCUT2D eigenvalue weighted by Gasteiger charge is 2.28. The summed E-state index contributed by atoms with van der Waals surface area (Å²) in [7, 11) is 3.61. The van der Waals surface area contributed by atoms with Crippen LogP contribution in [-0.2, 0) is 9.59 Å². The maximum atomic E-state index is 12.3. The predicted octanol–water partition coefficient (Wildman–Crippen LogP) is 1.24. The van der Waals surface area contributed by atoms with Crippen LogP contribution in [0.3, 0.4) is 0 Å². The summed E-state index contributed by atoms with van der Waals surface area (Å²) in [4.78, 5) is 27.8. The van der Waals surface area contributed by atoms with Gasteiger partial charge in [0.05, 0.1) is 0 Å². The molecule has 2 saturated heterocycles. The molecule has 0 aromatic rings. The molecule has 0 radical (unpaired) electrons. The van der Waals surface area contributed by atoms with Gasteiger partial charge in [-0.15, -0.1) is 0 Å². The summed E-state index contributed by atoms with van der Waals surface area (Å²) in [5, 5.41) is 3.49. The van der Waals surface area contributed by atoms with Gasteiger partial charge in [0.15, 0.2) is 0 Å². The Morgan fingerprint density at radius 1 is 1.14 bits per heavy atom. The first-order chi connectivity index (χ1) is 10.1.